The maximum absolute atomic E-state index is 11.5. The molecular weight excluding hydrogens is 440 g/mol. The third-order valence-electron chi connectivity index (χ3n) is 5.34. The lowest BCUT2D eigenvalue weighted by molar-refractivity contribution is 0.150. The third-order valence-corrected chi connectivity index (χ3v) is 5.95. The Morgan fingerprint density at radius 3 is 2.42 bits per heavy atom. The number of methoxy groups -OCH3 is 1. The standard InChI is InChI=1S/C24H30N4O4S/c1-5-28-23-16-20(32-15-13-27(2)12-14-31-3)10-11-21(23)22(17-25)24(28)18-6-8-19(9-7-18)26-33(4,29)30/h6-11,16,26H,5,12-15H2,1-4H3. The summed E-state index contributed by atoms with van der Waals surface area (Å²) in [7, 11) is 0.357. The van der Waals surface area contributed by atoms with E-state index in [4.69, 9.17) is 9.47 Å². The summed E-state index contributed by atoms with van der Waals surface area (Å²) in [5.74, 6) is 0.749. The first-order chi connectivity index (χ1) is 15.8. The molecule has 0 atom stereocenters. The van der Waals surface area contributed by atoms with Crippen molar-refractivity contribution in [2.45, 2.75) is 13.5 Å². The first-order valence-electron chi connectivity index (χ1n) is 10.7. The number of nitrogens with one attached hydrogen (secondary N) is 1. The Bertz CT molecular complexity index is 1240. The average Bonchev–Trinajstić information content (AvgIpc) is 3.09. The van der Waals surface area contributed by atoms with Crippen molar-refractivity contribution in [1.82, 2.24) is 9.47 Å². The number of aromatic nitrogens is 1. The second-order valence-electron chi connectivity index (χ2n) is 7.85. The zero-order valence-electron chi connectivity index (χ0n) is 19.5. The molecule has 2 aromatic carbocycles. The molecule has 0 saturated carbocycles. The first kappa shape index (κ1) is 24.6. The molecule has 8 nitrogen and oxygen atoms in total. The molecule has 1 heterocycles. The highest BCUT2D eigenvalue weighted by molar-refractivity contribution is 7.92. The molecule has 0 aliphatic rings. The Kier molecular flexibility index (Phi) is 7.97. The van der Waals surface area contributed by atoms with Crippen molar-refractivity contribution in [3.05, 3.63) is 48.0 Å². The quantitative estimate of drug-likeness (QED) is 0.461. The average molecular weight is 471 g/mol. The Morgan fingerprint density at radius 1 is 1.12 bits per heavy atom. The van der Waals surface area contributed by atoms with Gasteiger partial charge in [0, 0.05) is 43.9 Å². The van der Waals surface area contributed by atoms with Gasteiger partial charge in [0.25, 0.3) is 0 Å². The van der Waals surface area contributed by atoms with E-state index in [9.17, 15) is 13.7 Å². The number of likely N-dealkylation sites (N-methyl/N-ethyl adjacent to an activating group) is 1. The molecule has 1 aromatic heterocycles. The summed E-state index contributed by atoms with van der Waals surface area (Å²) in [6, 6.07) is 15.2. The molecule has 0 amide bonds. The summed E-state index contributed by atoms with van der Waals surface area (Å²) in [6.45, 7) is 5.54. The predicted molar refractivity (Wildman–Crippen MR) is 131 cm³/mol. The maximum Gasteiger partial charge on any atom is 0.229 e. The highest BCUT2D eigenvalue weighted by atomic mass is 32.2. The van der Waals surface area contributed by atoms with Crippen LogP contribution in [0.3, 0.4) is 0 Å². The van der Waals surface area contributed by atoms with Crippen molar-refractivity contribution in [2.75, 3.05) is 51.4 Å². The normalized spacial score (nSPS) is 11.6. The minimum Gasteiger partial charge on any atom is -0.492 e. The van der Waals surface area contributed by atoms with E-state index < -0.39 is 10.0 Å². The number of benzene rings is 2. The van der Waals surface area contributed by atoms with Crippen molar-refractivity contribution in [1.29, 1.82) is 5.26 Å². The largest absolute Gasteiger partial charge is 0.492 e. The van der Waals surface area contributed by atoms with Crippen LogP contribution in [0.2, 0.25) is 0 Å². The minimum atomic E-state index is -3.35. The van der Waals surface area contributed by atoms with Crippen molar-refractivity contribution in [3.8, 4) is 23.1 Å². The van der Waals surface area contributed by atoms with Gasteiger partial charge in [-0.25, -0.2) is 8.42 Å². The van der Waals surface area contributed by atoms with E-state index in [1.165, 1.54) is 0 Å². The van der Waals surface area contributed by atoms with Crippen LogP contribution in [0.5, 0.6) is 5.75 Å². The smallest absolute Gasteiger partial charge is 0.229 e. The van der Waals surface area contributed by atoms with E-state index in [2.05, 4.69) is 20.3 Å². The van der Waals surface area contributed by atoms with Gasteiger partial charge in [-0.15, -0.1) is 0 Å². The number of nitriles is 1. The van der Waals surface area contributed by atoms with Gasteiger partial charge in [-0.05, 0) is 43.8 Å². The highest BCUT2D eigenvalue weighted by Crippen LogP contribution is 2.35. The lowest BCUT2D eigenvalue weighted by Crippen LogP contribution is -2.27. The summed E-state index contributed by atoms with van der Waals surface area (Å²) in [6.07, 6.45) is 1.11. The Hall–Kier alpha value is -3.06. The molecule has 1 N–H and O–H groups in total. The number of rotatable bonds is 11. The monoisotopic (exact) mass is 470 g/mol. The van der Waals surface area contributed by atoms with Gasteiger partial charge in [0.2, 0.25) is 10.0 Å². The van der Waals surface area contributed by atoms with Crippen LogP contribution in [-0.2, 0) is 21.3 Å². The summed E-state index contributed by atoms with van der Waals surface area (Å²) in [4.78, 5) is 2.14. The van der Waals surface area contributed by atoms with Crippen molar-refractivity contribution in [3.63, 3.8) is 0 Å². The van der Waals surface area contributed by atoms with E-state index >= 15 is 0 Å². The third kappa shape index (κ3) is 6.05. The van der Waals surface area contributed by atoms with Gasteiger partial charge in [0.1, 0.15) is 18.4 Å². The molecule has 0 unspecified atom stereocenters. The first-order valence-corrected chi connectivity index (χ1v) is 12.6. The molecule has 0 bridgehead atoms. The van der Waals surface area contributed by atoms with E-state index in [1.807, 2.05) is 44.3 Å². The molecule has 0 aliphatic carbocycles. The van der Waals surface area contributed by atoms with Crippen LogP contribution in [0, 0.1) is 11.3 Å². The lowest BCUT2D eigenvalue weighted by Gasteiger charge is -2.16. The van der Waals surface area contributed by atoms with Crippen LogP contribution in [0.1, 0.15) is 12.5 Å². The zero-order valence-corrected chi connectivity index (χ0v) is 20.3. The SMILES string of the molecule is CCn1c(-c2ccc(NS(C)(=O)=O)cc2)c(C#N)c2ccc(OCCN(C)CCOC)cc21. The number of hydrogen-bond donors (Lipinski definition) is 1. The van der Waals surface area contributed by atoms with Gasteiger partial charge >= 0.3 is 0 Å². The molecule has 3 aromatic rings. The summed E-state index contributed by atoms with van der Waals surface area (Å²) < 4.78 is 38.6. The van der Waals surface area contributed by atoms with Gasteiger partial charge < -0.3 is 18.9 Å². The Labute approximate surface area is 195 Å². The molecule has 9 heteroatoms. The molecule has 0 spiro atoms. The van der Waals surface area contributed by atoms with E-state index in [0.717, 1.165) is 47.3 Å². The number of sulfonamides is 1. The van der Waals surface area contributed by atoms with Crippen molar-refractivity contribution >= 4 is 26.6 Å². The van der Waals surface area contributed by atoms with E-state index in [1.54, 1.807) is 19.2 Å². The van der Waals surface area contributed by atoms with Gasteiger partial charge in [0.05, 0.1) is 29.6 Å². The van der Waals surface area contributed by atoms with Crippen molar-refractivity contribution < 1.29 is 17.9 Å². The molecular formula is C24H30N4O4S. The highest BCUT2D eigenvalue weighted by Gasteiger charge is 2.19. The van der Waals surface area contributed by atoms with Crippen LogP contribution in [0.4, 0.5) is 5.69 Å². The molecule has 0 aliphatic heterocycles. The number of ether oxygens (including phenoxy) is 2. The predicted octanol–water partition coefficient (Wildman–Crippen LogP) is 3.53. The van der Waals surface area contributed by atoms with Crippen LogP contribution < -0.4 is 9.46 Å². The summed E-state index contributed by atoms with van der Waals surface area (Å²) in [5, 5.41) is 10.8. The van der Waals surface area contributed by atoms with Gasteiger partial charge in [-0.2, -0.15) is 5.26 Å². The molecule has 0 fully saturated rings. The van der Waals surface area contributed by atoms with Crippen LogP contribution in [0.15, 0.2) is 42.5 Å². The van der Waals surface area contributed by atoms with Gasteiger partial charge in [-0.3, -0.25) is 4.72 Å². The molecule has 3 rings (SSSR count). The maximum atomic E-state index is 11.5. The lowest BCUT2D eigenvalue weighted by atomic mass is 10.1. The Balaban J connectivity index is 1.91. The second kappa shape index (κ2) is 10.7. The number of anilines is 1. The fraction of sp³-hybridized carbons (Fsp3) is 0.375. The van der Waals surface area contributed by atoms with Gasteiger partial charge in [0.15, 0.2) is 0 Å². The topological polar surface area (TPSA) is 96.6 Å². The molecule has 176 valence electrons. The minimum absolute atomic E-state index is 0.477. The fourth-order valence-electron chi connectivity index (χ4n) is 3.75. The summed E-state index contributed by atoms with van der Waals surface area (Å²) >= 11 is 0. The fourth-order valence-corrected chi connectivity index (χ4v) is 4.31. The van der Waals surface area contributed by atoms with Crippen LogP contribution in [-0.4, -0.2) is 64.6 Å². The zero-order chi connectivity index (χ0) is 24.0. The molecule has 33 heavy (non-hydrogen) atoms. The molecule has 0 saturated heterocycles. The number of nitrogens with zero attached hydrogens (tertiary/aromatic N) is 3. The van der Waals surface area contributed by atoms with Crippen LogP contribution >= 0.6 is 0 Å². The van der Waals surface area contributed by atoms with Crippen molar-refractivity contribution in [2.24, 2.45) is 0 Å². The van der Waals surface area contributed by atoms with Gasteiger partial charge in [-0.1, -0.05) is 12.1 Å². The number of fused-ring (bicyclic) bond motifs is 1. The summed E-state index contributed by atoms with van der Waals surface area (Å²) in [5.41, 5.74) is 3.63. The second-order valence-corrected chi connectivity index (χ2v) is 9.60. The van der Waals surface area contributed by atoms with E-state index in [0.29, 0.717) is 31.0 Å². The van der Waals surface area contributed by atoms with Crippen LogP contribution in [0.25, 0.3) is 22.2 Å². The van der Waals surface area contributed by atoms with E-state index in [-0.39, 0.29) is 0 Å². The Morgan fingerprint density at radius 2 is 1.82 bits per heavy atom. The number of hydrogen-bond acceptors (Lipinski definition) is 6. The molecule has 0 radical (unpaired) electrons. The number of aryl methyl sites for hydroxylation is 1.